The van der Waals surface area contributed by atoms with E-state index in [0.717, 1.165) is 23.1 Å². The minimum Gasteiger partial charge on any atom is -0.451 e. The molecule has 3 aromatic rings. The highest BCUT2D eigenvalue weighted by Gasteiger charge is 2.27. The maximum absolute atomic E-state index is 12.7. The molecule has 0 aliphatic carbocycles. The van der Waals surface area contributed by atoms with Gasteiger partial charge in [-0.15, -0.1) is 0 Å². The van der Waals surface area contributed by atoms with Crippen molar-refractivity contribution >= 4 is 32.4 Å². The number of nitrogens with one attached hydrogen (secondary N) is 1. The molecule has 0 atom stereocenters. The fourth-order valence-electron chi connectivity index (χ4n) is 2.59. The number of sulfone groups is 1. The van der Waals surface area contributed by atoms with Crippen LogP contribution in [0.3, 0.4) is 0 Å². The van der Waals surface area contributed by atoms with E-state index in [1.807, 2.05) is 19.1 Å². The Labute approximate surface area is 148 Å². The number of carbonyl (C=O) groups is 1. The highest BCUT2D eigenvalue weighted by Crippen LogP contribution is 2.27. The van der Waals surface area contributed by atoms with Crippen LogP contribution in [0.15, 0.2) is 51.8 Å². The first-order chi connectivity index (χ1) is 12.2. The largest absolute Gasteiger partial charge is 0.451 e. The Morgan fingerprint density at radius 2 is 1.85 bits per heavy atom. The Bertz CT molecular complexity index is 1100. The summed E-state index contributed by atoms with van der Waals surface area (Å²) in [7, 11) is -4.74. The van der Waals surface area contributed by atoms with Crippen molar-refractivity contribution in [1.29, 1.82) is 0 Å². The predicted molar refractivity (Wildman–Crippen MR) is 93.3 cm³/mol. The van der Waals surface area contributed by atoms with Crippen LogP contribution >= 0.6 is 0 Å². The molecule has 8 heteroatoms. The molecule has 136 valence electrons. The van der Waals surface area contributed by atoms with Gasteiger partial charge in [0, 0.05) is 16.6 Å². The third-order valence-electron chi connectivity index (χ3n) is 3.95. The number of hydrogen-bond donors (Lipinski definition) is 1. The predicted octanol–water partition coefficient (Wildman–Crippen LogP) is 4.30. The molecule has 0 aliphatic heterocycles. The Morgan fingerprint density at radius 1 is 1.12 bits per heavy atom. The van der Waals surface area contributed by atoms with Gasteiger partial charge in [0.2, 0.25) is 9.84 Å². The van der Waals surface area contributed by atoms with E-state index >= 15 is 0 Å². The molecule has 0 saturated carbocycles. The highest BCUT2D eigenvalue weighted by atomic mass is 32.2. The summed E-state index contributed by atoms with van der Waals surface area (Å²) in [6.07, 6.45) is 0. The summed E-state index contributed by atoms with van der Waals surface area (Å²) in [5, 5.41) is 3.27. The number of fused-ring (bicyclic) bond motifs is 1. The Kier molecular flexibility index (Phi) is 4.53. The lowest BCUT2D eigenvalue weighted by atomic mass is 10.1. The zero-order valence-electron chi connectivity index (χ0n) is 13.9. The molecule has 0 aliphatic rings. The molecule has 0 saturated heterocycles. The summed E-state index contributed by atoms with van der Waals surface area (Å²) in [5.41, 5.74) is 2.24. The van der Waals surface area contributed by atoms with Gasteiger partial charge in [0.15, 0.2) is 5.76 Å². The van der Waals surface area contributed by atoms with E-state index in [-0.39, 0.29) is 11.4 Å². The number of anilines is 1. The molecular weight excluding hydrogens is 364 g/mol. The Morgan fingerprint density at radius 3 is 2.54 bits per heavy atom. The number of amides is 1. The van der Waals surface area contributed by atoms with E-state index in [2.05, 4.69) is 5.32 Å². The minimum absolute atomic E-state index is 0.0766. The Hall–Kier alpha value is -2.74. The monoisotopic (exact) mass is 379 g/mol. The molecule has 3 rings (SSSR count). The Balaban J connectivity index is 1.93. The van der Waals surface area contributed by atoms with Crippen molar-refractivity contribution in [1.82, 2.24) is 0 Å². The van der Waals surface area contributed by atoms with Crippen LogP contribution in [-0.4, -0.2) is 20.1 Å². The maximum Gasteiger partial charge on any atom is 0.341 e. The second kappa shape index (κ2) is 6.53. The molecule has 26 heavy (non-hydrogen) atoms. The van der Waals surface area contributed by atoms with Crippen LogP contribution in [0.1, 0.15) is 21.7 Å². The van der Waals surface area contributed by atoms with Crippen molar-refractivity contribution in [3.63, 3.8) is 0 Å². The molecule has 0 radical (unpaired) electrons. The molecule has 5 nitrogen and oxygen atoms in total. The lowest BCUT2D eigenvalue weighted by Crippen LogP contribution is -2.14. The molecule has 0 spiro atoms. The van der Waals surface area contributed by atoms with Crippen LogP contribution in [-0.2, 0) is 9.84 Å². The number of benzene rings is 2. The second-order valence-electron chi connectivity index (χ2n) is 5.84. The molecule has 0 fully saturated rings. The van der Waals surface area contributed by atoms with Gasteiger partial charge in [-0.05, 0) is 43.7 Å². The van der Waals surface area contributed by atoms with Crippen molar-refractivity contribution in [3.8, 4) is 0 Å². The summed E-state index contributed by atoms with van der Waals surface area (Å²) in [6, 6.07) is 10.3. The number of rotatable bonds is 4. The van der Waals surface area contributed by atoms with Crippen LogP contribution in [0.25, 0.3) is 11.0 Å². The van der Waals surface area contributed by atoms with E-state index in [9.17, 15) is 22.0 Å². The minimum atomic E-state index is -4.74. The van der Waals surface area contributed by atoms with Crippen LogP contribution in [0.2, 0.25) is 0 Å². The van der Waals surface area contributed by atoms with Crippen molar-refractivity contribution in [3.05, 3.63) is 59.4 Å². The normalized spacial score (nSPS) is 11.9. The number of aryl methyl sites for hydroxylation is 2. The van der Waals surface area contributed by atoms with Gasteiger partial charge in [0.05, 0.1) is 4.90 Å². The van der Waals surface area contributed by atoms with E-state index in [4.69, 9.17) is 4.42 Å². The summed E-state index contributed by atoms with van der Waals surface area (Å²) >= 11 is 0. The van der Waals surface area contributed by atoms with Crippen molar-refractivity contribution in [2.75, 3.05) is 5.32 Å². The number of alkyl halides is 2. The zero-order valence-corrected chi connectivity index (χ0v) is 14.7. The molecule has 1 N–H and O–H groups in total. The van der Waals surface area contributed by atoms with Gasteiger partial charge in [-0.25, -0.2) is 8.42 Å². The molecule has 1 aromatic heterocycles. The first-order valence-corrected chi connectivity index (χ1v) is 9.18. The molecule has 0 unspecified atom stereocenters. The molecule has 2 aromatic carbocycles. The van der Waals surface area contributed by atoms with Crippen LogP contribution in [0.4, 0.5) is 14.5 Å². The number of carbonyl (C=O) groups excluding carboxylic acids is 1. The highest BCUT2D eigenvalue weighted by molar-refractivity contribution is 7.91. The zero-order chi connectivity index (χ0) is 19.1. The molecular formula is C18H15F2NO4S. The summed E-state index contributed by atoms with van der Waals surface area (Å²) < 4.78 is 54.1. The van der Waals surface area contributed by atoms with Crippen LogP contribution in [0.5, 0.6) is 0 Å². The number of furan rings is 1. The fourth-order valence-corrected chi connectivity index (χ4v) is 3.36. The first kappa shape index (κ1) is 18.1. The van der Waals surface area contributed by atoms with Gasteiger partial charge in [-0.2, -0.15) is 8.78 Å². The number of halogens is 2. The van der Waals surface area contributed by atoms with Crippen LogP contribution < -0.4 is 5.32 Å². The molecule has 1 heterocycles. The van der Waals surface area contributed by atoms with Gasteiger partial charge in [-0.3, -0.25) is 4.79 Å². The quantitative estimate of drug-likeness (QED) is 0.733. The summed E-state index contributed by atoms with van der Waals surface area (Å²) in [6.45, 7) is 3.62. The third-order valence-corrected chi connectivity index (χ3v) is 5.34. The maximum atomic E-state index is 12.7. The average molecular weight is 379 g/mol. The van der Waals surface area contributed by atoms with E-state index in [0.29, 0.717) is 11.1 Å². The van der Waals surface area contributed by atoms with Gasteiger partial charge >= 0.3 is 5.76 Å². The third kappa shape index (κ3) is 3.20. The first-order valence-electron chi connectivity index (χ1n) is 7.63. The molecule has 1 amide bonds. The smallest absolute Gasteiger partial charge is 0.341 e. The van der Waals surface area contributed by atoms with Gasteiger partial charge < -0.3 is 9.73 Å². The van der Waals surface area contributed by atoms with Gasteiger partial charge in [-0.1, -0.05) is 18.2 Å². The second-order valence-corrected chi connectivity index (χ2v) is 7.76. The topological polar surface area (TPSA) is 76.4 Å². The van der Waals surface area contributed by atoms with Gasteiger partial charge in [0.25, 0.3) is 5.91 Å². The lowest BCUT2D eigenvalue weighted by molar-refractivity contribution is 0.0998. The standard InChI is InChI=1S/C18H15F2NO4S/c1-10-6-7-14-11(2)16(25-15(14)8-10)17(22)21-12-4-3-5-13(9-12)26(23,24)18(19)20/h3-9,18H,1-2H3,(H,21,22). The summed E-state index contributed by atoms with van der Waals surface area (Å²) in [5.74, 6) is -4.05. The van der Waals surface area contributed by atoms with Gasteiger partial charge in [0.1, 0.15) is 5.58 Å². The van der Waals surface area contributed by atoms with Crippen molar-refractivity contribution in [2.45, 2.75) is 24.5 Å². The lowest BCUT2D eigenvalue weighted by Gasteiger charge is -2.07. The SMILES string of the molecule is Cc1ccc2c(C)c(C(=O)Nc3cccc(S(=O)(=O)C(F)F)c3)oc2c1. The fraction of sp³-hybridized carbons (Fsp3) is 0.167. The summed E-state index contributed by atoms with van der Waals surface area (Å²) in [4.78, 5) is 11.9. The van der Waals surface area contributed by atoms with Crippen molar-refractivity contribution < 1.29 is 26.4 Å². The van der Waals surface area contributed by atoms with E-state index in [1.54, 1.807) is 13.0 Å². The van der Waals surface area contributed by atoms with E-state index < -0.39 is 26.4 Å². The van der Waals surface area contributed by atoms with Crippen molar-refractivity contribution in [2.24, 2.45) is 0 Å². The molecule has 0 bridgehead atoms. The van der Waals surface area contributed by atoms with Crippen LogP contribution in [0, 0.1) is 13.8 Å². The average Bonchev–Trinajstić information content (AvgIpc) is 2.91. The number of hydrogen-bond acceptors (Lipinski definition) is 4. The van der Waals surface area contributed by atoms with E-state index in [1.165, 1.54) is 12.1 Å².